The zero-order chi connectivity index (χ0) is 18.7. The van der Waals surface area contributed by atoms with Crippen LogP contribution in [-0.2, 0) is 14.8 Å². The van der Waals surface area contributed by atoms with Crippen molar-refractivity contribution in [3.8, 4) is 0 Å². The summed E-state index contributed by atoms with van der Waals surface area (Å²) in [5, 5.41) is 11.3. The SMILES string of the molecule is CCNC(=NCC(C(CC)CC)N1CCOCC1)NCCS(N)(=O)=O.I. The molecule has 0 amide bonds. The van der Waals surface area contributed by atoms with Gasteiger partial charge in [0.25, 0.3) is 0 Å². The molecule has 1 rings (SSSR count). The Hall–Kier alpha value is -0.170. The molecule has 0 bridgehead atoms. The van der Waals surface area contributed by atoms with Crippen molar-refractivity contribution in [2.24, 2.45) is 16.0 Å². The number of hydrogen-bond acceptors (Lipinski definition) is 5. The van der Waals surface area contributed by atoms with Crippen molar-refractivity contribution in [1.29, 1.82) is 0 Å². The number of morpholine rings is 1. The minimum atomic E-state index is -3.47. The first-order valence-corrected chi connectivity index (χ1v) is 11.0. The Labute approximate surface area is 175 Å². The molecule has 0 saturated carbocycles. The summed E-state index contributed by atoms with van der Waals surface area (Å²) in [6, 6.07) is 0.368. The molecule has 10 heteroatoms. The molecule has 156 valence electrons. The molecule has 1 saturated heterocycles. The number of ether oxygens (including phenoxy) is 1. The van der Waals surface area contributed by atoms with Gasteiger partial charge in [0.05, 0.1) is 25.5 Å². The van der Waals surface area contributed by atoms with Gasteiger partial charge in [-0.1, -0.05) is 26.7 Å². The third-order valence-corrected chi connectivity index (χ3v) is 5.34. The third-order valence-electron chi connectivity index (χ3n) is 4.57. The van der Waals surface area contributed by atoms with Crippen LogP contribution in [0.25, 0.3) is 0 Å². The maximum absolute atomic E-state index is 11.1. The molecule has 0 aliphatic carbocycles. The van der Waals surface area contributed by atoms with Crippen LogP contribution in [0.5, 0.6) is 0 Å². The van der Waals surface area contributed by atoms with Crippen LogP contribution in [0.15, 0.2) is 4.99 Å². The maximum Gasteiger partial charge on any atom is 0.210 e. The Kier molecular flexibility index (Phi) is 13.8. The van der Waals surface area contributed by atoms with Gasteiger partial charge in [-0.15, -0.1) is 24.0 Å². The molecule has 1 aliphatic heterocycles. The van der Waals surface area contributed by atoms with Gasteiger partial charge >= 0.3 is 0 Å². The summed E-state index contributed by atoms with van der Waals surface area (Å²) >= 11 is 0. The van der Waals surface area contributed by atoms with Gasteiger partial charge in [0.2, 0.25) is 10.0 Å². The number of sulfonamides is 1. The highest BCUT2D eigenvalue weighted by Crippen LogP contribution is 2.20. The number of nitrogens with zero attached hydrogens (tertiary/aromatic N) is 2. The Bertz CT molecular complexity index is 494. The summed E-state index contributed by atoms with van der Waals surface area (Å²) in [6.45, 7) is 11.5. The normalized spacial score (nSPS) is 17.7. The van der Waals surface area contributed by atoms with Crippen molar-refractivity contribution in [2.45, 2.75) is 39.7 Å². The van der Waals surface area contributed by atoms with Gasteiger partial charge in [0.1, 0.15) is 0 Å². The lowest BCUT2D eigenvalue weighted by Gasteiger charge is -2.38. The Balaban J connectivity index is 0.00000625. The Morgan fingerprint density at radius 1 is 1.19 bits per heavy atom. The van der Waals surface area contributed by atoms with Crippen LogP contribution >= 0.6 is 24.0 Å². The molecule has 0 aromatic carbocycles. The summed E-state index contributed by atoms with van der Waals surface area (Å²) in [6.07, 6.45) is 2.23. The van der Waals surface area contributed by atoms with E-state index in [2.05, 4.69) is 29.4 Å². The molecule has 1 unspecified atom stereocenters. The molecule has 0 spiro atoms. The summed E-state index contributed by atoms with van der Waals surface area (Å²) in [4.78, 5) is 7.17. The molecular formula is C16H36IN5O3S. The molecule has 1 aliphatic rings. The molecule has 26 heavy (non-hydrogen) atoms. The van der Waals surface area contributed by atoms with Crippen LogP contribution in [-0.4, -0.2) is 77.0 Å². The molecule has 1 heterocycles. The highest BCUT2D eigenvalue weighted by atomic mass is 127. The second kappa shape index (κ2) is 13.9. The predicted octanol–water partition coefficient (Wildman–Crippen LogP) is 0.585. The van der Waals surface area contributed by atoms with Gasteiger partial charge in [-0.05, 0) is 12.8 Å². The molecule has 1 fully saturated rings. The fourth-order valence-electron chi connectivity index (χ4n) is 3.14. The highest BCUT2D eigenvalue weighted by molar-refractivity contribution is 14.0. The highest BCUT2D eigenvalue weighted by Gasteiger charge is 2.26. The average Bonchev–Trinajstić information content (AvgIpc) is 2.58. The fraction of sp³-hybridized carbons (Fsp3) is 0.938. The fourth-order valence-corrected chi connectivity index (χ4v) is 3.53. The zero-order valence-corrected chi connectivity index (χ0v) is 19.4. The average molecular weight is 505 g/mol. The Morgan fingerprint density at radius 3 is 2.31 bits per heavy atom. The maximum atomic E-state index is 11.1. The molecule has 0 aromatic heterocycles. The Morgan fingerprint density at radius 2 is 1.81 bits per heavy atom. The van der Waals surface area contributed by atoms with E-state index >= 15 is 0 Å². The summed E-state index contributed by atoms with van der Waals surface area (Å²) in [7, 11) is -3.47. The van der Waals surface area contributed by atoms with E-state index in [4.69, 9.17) is 14.9 Å². The van der Waals surface area contributed by atoms with E-state index in [1.807, 2.05) is 6.92 Å². The van der Waals surface area contributed by atoms with Gasteiger partial charge in [-0.25, -0.2) is 13.6 Å². The first-order chi connectivity index (χ1) is 11.9. The van der Waals surface area contributed by atoms with Crippen molar-refractivity contribution in [1.82, 2.24) is 15.5 Å². The van der Waals surface area contributed by atoms with Crippen molar-refractivity contribution in [3.05, 3.63) is 0 Å². The molecule has 1 atom stereocenters. The van der Waals surface area contributed by atoms with Crippen LogP contribution < -0.4 is 15.8 Å². The first kappa shape index (κ1) is 25.8. The largest absolute Gasteiger partial charge is 0.379 e. The number of aliphatic imine (C=N–C) groups is 1. The number of hydrogen-bond donors (Lipinski definition) is 3. The summed E-state index contributed by atoms with van der Waals surface area (Å²) < 4.78 is 27.6. The van der Waals surface area contributed by atoms with E-state index in [0.29, 0.717) is 31.0 Å². The van der Waals surface area contributed by atoms with Gasteiger partial charge in [0.15, 0.2) is 5.96 Å². The number of primary sulfonamides is 1. The van der Waals surface area contributed by atoms with Crippen molar-refractivity contribution >= 4 is 40.0 Å². The van der Waals surface area contributed by atoms with Gasteiger partial charge in [-0.2, -0.15) is 0 Å². The summed E-state index contributed by atoms with van der Waals surface area (Å²) in [5.41, 5.74) is 0. The minimum absolute atomic E-state index is 0. The van der Waals surface area contributed by atoms with Crippen LogP contribution in [0.2, 0.25) is 0 Å². The standard InChI is InChI=1S/C16H35N5O3S.HI/c1-4-14(5-2)15(21-8-10-24-11-9-21)13-20-16(18-6-3)19-7-12-25(17,22)23;/h14-15H,4-13H2,1-3H3,(H2,17,22,23)(H2,18,19,20);1H. The quantitative estimate of drug-likeness (QED) is 0.228. The summed E-state index contributed by atoms with van der Waals surface area (Å²) in [5.74, 6) is 1.10. The van der Waals surface area contributed by atoms with Gasteiger partial charge < -0.3 is 15.4 Å². The van der Waals surface area contributed by atoms with Gasteiger partial charge in [-0.3, -0.25) is 9.89 Å². The van der Waals surface area contributed by atoms with E-state index in [1.54, 1.807) is 0 Å². The number of rotatable bonds is 10. The number of nitrogens with two attached hydrogens (primary N) is 1. The lowest BCUT2D eigenvalue weighted by atomic mass is 9.92. The van der Waals surface area contributed by atoms with Gasteiger partial charge in [0, 0.05) is 32.2 Å². The van der Waals surface area contributed by atoms with Crippen LogP contribution in [0.1, 0.15) is 33.6 Å². The van der Waals surface area contributed by atoms with Crippen LogP contribution in [0.3, 0.4) is 0 Å². The smallest absolute Gasteiger partial charge is 0.210 e. The second-order valence-electron chi connectivity index (χ2n) is 6.31. The first-order valence-electron chi connectivity index (χ1n) is 9.25. The predicted molar refractivity (Wildman–Crippen MR) is 118 cm³/mol. The van der Waals surface area contributed by atoms with E-state index in [1.165, 1.54) is 0 Å². The van der Waals surface area contributed by atoms with E-state index in [9.17, 15) is 8.42 Å². The molecule has 8 nitrogen and oxygen atoms in total. The number of halogens is 1. The second-order valence-corrected chi connectivity index (χ2v) is 8.04. The zero-order valence-electron chi connectivity index (χ0n) is 16.2. The monoisotopic (exact) mass is 505 g/mol. The molecular weight excluding hydrogens is 469 g/mol. The van der Waals surface area contributed by atoms with Crippen LogP contribution in [0.4, 0.5) is 0 Å². The number of nitrogens with one attached hydrogen (secondary N) is 2. The lowest BCUT2D eigenvalue weighted by molar-refractivity contribution is 0.00395. The number of guanidine groups is 1. The molecule has 4 N–H and O–H groups in total. The van der Waals surface area contributed by atoms with Crippen molar-refractivity contribution in [2.75, 3.05) is 51.7 Å². The minimum Gasteiger partial charge on any atom is -0.379 e. The third kappa shape index (κ3) is 10.2. The van der Waals surface area contributed by atoms with E-state index in [-0.39, 0.29) is 36.3 Å². The van der Waals surface area contributed by atoms with Crippen molar-refractivity contribution < 1.29 is 13.2 Å². The lowest BCUT2D eigenvalue weighted by Crippen LogP contribution is -2.49. The van der Waals surface area contributed by atoms with Crippen molar-refractivity contribution in [3.63, 3.8) is 0 Å². The molecule has 0 aromatic rings. The van der Waals surface area contributed by atoms with E-state index < -0.39 is 10.0 Å². The van der Waals surface area contributed by atoms with E-state index in [0.717, 1.165) is 39.1 Å². The van der Waals surface area contributed by atoms with Crippen LogP contribution in [0, 0.1) is 5.92 Å². The molecule has 0 radical (unpaired) electrons. The topological polar surface area (TPSA) is 109 Å².